The van der Waals surface area contributed by atoms with Gasteiger partial charge in [0.2, 0.25) is 0 Å². The van der Waals surface area contributed by atoms with Crippen molar-refractivity contribution >= 4 is 11.8 Å². The molecule has 2 N–H and O–H groups in total. The minimum Gasteiger partial charge on any atom is -0.494 e. The van der Waals surface area contributed by atoms with Crippen molar-refractivity contribution in [3.8, 4) is 5.75 Å². The van der Waals surface area contributed by atoms with Crippen LogP contribution in [-0.4, -0.2) is 24.7 Å². The summed E-state index contributed by atoms with van der Waals surface area (Å²) >= 11 is 2.03. The van der Waals surface area contributed by atoms with Crippen LogP contribution in [0.15, 0.2) is 30.3 Å². The van der Waals surface area contributed by atoms with Gasteiger partial charge in [-0.25, -0.2) is 0 Å². The van der Waals surface area contributed by atoms with Crippen molar-refractivity contribution in [2.45, 2.75) is 25.7 Å². The number of hydrogen-bond donors (Lipinski definition) is 1. The molecule has 0 spiro atoms. The molecule has 1 aromatic rings. The molecule has 17 heavy (non-hydrogen) atoms. The van der Waals surface area contributed by atoms with Crippen LogP contribution in [0, 0.1) is 0 Å². The minimum atomic E-state index is 0.825. The van der Waals surface area contributed by atoms with Crippen molar-refractivity contribution in [3.05, 3.63) is 30.3 Å². The quantitative estimate of drug-likeness (QED) is 0.650. The Hall–Kier alpha value is -0.670. The van der Waals surface area contributed by atoms with Gasteiger partial charge in [-0.2, -0.15) is 11.8 Å². The summed E-state index contributed by atoms with van der Waals surface area (Å²) in [5.41, 5.74) is 5.44. The van der Waals surface area contributed by atoms with Crippen molar-refractivity contribution in [1.82, 2.24) is 0 Å². The zero-order valence-electron chi connectivity index (χ0n) is 10.4. The van der Waals surface area contributed by atoms with Crippen LogP contribution in [-0.2, 0) is 0 Å². The maximum Gasteiger partial charge on any atom is 0.119 e. The number of hydrogen-bond acceptors (Lipinski definition) is 3. The van der Waals surface area contributed by atoms with Gasteiger partial charge in [-0.15, -0.1) is 0 Å². The first-order valence-electron chi connectivity index (χ1n) is 6.39. The average molecular weight is 253 g/mol. The van der Waals surface area contributed by atoms with Gasteiger partial charge in [-0.05, 0) is 55.9 Å². The van der Waals surface area contributed by atoms with E-state index in [1.165, 1.54) is 24.3 Å². The zero-order valence-corrected chi connectivity index (χ0v) is 11.3. The number of benzene rings is 1. The van der Waals surface area contributed by atoms with Crippen LogP contribution in [0.2, 0.25) is 0 Å². The van der Waals surface area contributed by atoms with Crippen LogP contribution in [0.5, 0.6) is 5.75 Å². The predicted octanol–water partition coefficient (Wildman–Crippen LogP) is 3.32. The Morgan fingerprint density at radius 1 is 0.941 bits per heavy atom. The lowest BCUT2D eigenvalue weighted by Crippen LogP contribution is -1.99. The van der Waals surface area contributed by atoms with Crippen molar-refractivity contribution in [2.75, 3.05) is 24.7 Å². The first-order chi connectivity index (χ1) is 8.43. The van der Waals surface area contributed by atoms with E-state index in [-0.39, 0.29) is 0 Å². The molecule has 0 aliphatic carbocycles. The summed E-state index contributed by atoms with van der Waals surface area (Å²) in [4.78, 5) is 0. The van der Waals surface area contributed by atoms with Crippen molar-refractivity contribution in [1.29, 1.82) is 0 Å². The molecule has 0 amide bonds. The summed E-state index contributed by atoms with van der Waals surface area (Å²) in [5, 5.41) is 0. The maximum absolute atomic E-state index is 5.63. The molecule has 0 bridgehead atoms. The van der Waals surface area contributed by atoms with E-state index in [0.717, 1.165) is 31.7 Å². The van der Waals surface area contributed by atoms with Gasteiger partial charge in [0.15, 0.2) is 0 Å². The molecule has 3 heteroatoms. The monoisotopic (exact) mass is 253 g/mol. The molecular formula is C14H23NOS. The van der Waals surface area contributed by atoms with E-state index in [1.807, 2.05) is 42.1 Å². The molecule has 0 saturated carbocycles. The van der Waals surface area contributed by atoms with Crippen molar-refractivity contribution < 1.29 is 4.74 Å². The number of nitrogens with two attached hydrogens (primary N) is 1. The van der Waals surface area contributed by atoms with E-state index in [4.69, 9.17) is 10.5 Å². The maximum atomic E-state index is 5.63. The number of rotatable bonds is 10. The van der Waals surface area contributed by atoms with E-state index in [9.17, 15) is 0 Å². The van der Waals surface area contributed by atoms with E-state index in [0.29, 0.717) is 0 Å². The highest BCUT2D eigenvalue weighted by atomic mass is 32.2. The van der Waals surface area contributed by atoms with Crippen LogP contribution >= 0.6 is 11.8 Å². The molecule has 0 aromatic heterocycles. The summed E-state index contributed by atoms with van der Waals surface area (Å²) in [5.74, 6) is 3.46. The van der Waals surface area contributed by atoms with Crippen LogP contribution in [0.3, 0.4) is 0 Å². The van der Waals surface area contributed by atoms with Crippen LogP contribution < -0.4 is 10.5 Å². The van der Waals surface area contributed by atoms with Gasteiger partial charge >= 0.3 is 0 Å². The van der Waals surface area contributed by atoms with Crippen LogP contribution in [0.25, 0.3) is 0 Å². The normalized spacial score (nSPS) is 10.4. The Morgan fingerprint density at radius 2 is 1.65 bits per heavy atom. The minimum absolute atomic E-state index is 0.825. The Labute approximate surface area is 109 Å². The molecule has 96 valence electrons. The molecule has 0 fully saturated rings. The first kappa shape index (κ1) is 14.4. The molecule has 0 aliphatic heterocycles. The molecular weight excluding hydrogens is 230 g/mol. The van der Waals surface area contributed by atoms with E-state index in [2.05, 4.69) is 0 Å². The third kappa shape index (κ3) is 8.11. The summed E-state index contributed by atoms with van der Waals surface area (Å²) in [7, 11) is 0. The lowest BCUT2D eigenvalue weighted by atomic mass is 10.3. The molecule has 0 unspecified atom stereocenters. The van der Waals surface area contributed by atoms with E-state index in [1.54, 1.807) is 0 Å². The lowest BCUT2D eigenvalue weighted by molar-refractivity contribution is 0.310. The Balaban J connectivity index is 1.85. The Bertz CT molecular complexity index is 266. The Morgan fingerprint density at radius 3 is 2.35 bits per heavy atom. The average Bonchev–Trinajstić information content (AvgIpc) is 2.38. The van der Waals surface area contributed by atoms with Gasteiger partial charge < -0.3 is 10.5 Å². The topological polar surface area (TPSA) is 35.2 Å². The molecule has 1 aromatic carbocycles. The number of thioether (sulfide) groups is 1. The Kier molecular flexibility index (Phi) is 8.87. The van der Waals surface area contributed by atoms with Gasteiger partial charge in [0.25, 0.3) is 0 Å². The molecule has 0 atom stereocenters. The van der Waals surface area contributed by atoms with Gasteiger partial charge in [0, 0.05) is 0 Å². The largest absolute Gasteiger partial charge is 0.494 e. The summed E-state index contributed by atoms with van der Waals surface area (Å²) < 4.78 is 5.63. The third-order valence-corrected chi connectivity index (χ3v) is 3.59. The van der Waals surface area contributed by atoms with Gasteiger partial charge in [-0.3, -0.25) is 0 Å². The summed E-state index contributed by atoms with van der Waals surface area (Å²) in [6.07, 6.45) is 4.78. The fourth-order valence-electron chi connectivity index (χ4n) is 1.46. The third-order valence-electron chi connectivity index (χ3n) is 2.44. The number of ether oxygens (including phenoxy) is 1. The standard InChI is InChI=1S/C14H23NOS/c15-10-4-6-12-17-13-7-5-11-16-14-8-2-1-3-9-14/h1-3,8-9H,4-7,10-13,15H2. The van der Waals surface area contributed by atoms with Crippen LogP contribution in [0.1, 0.15) is 25.7 Å². The highest BCUT2D eigenvalue weighted by molar-refractivity contribution is 7.99. The molecule has 0 radical (unpaired) electrons. The number of para-hydroxylation sites is 1. The molecule has 0 aliphatic rings. The smallest absolute Gasteiger partial charge is 0.119 e. The second kappa shape index (κ2) is 10.5. The van der Waals surface area contributed by atoms with Gasteiger partial charge in [0.05, 0.1) is 6.61 Å². The highest BCUT2D eigenvalue weighted by Gasteiger charge is 1.93. The molecule has 2 nitrogen and oxygen atoms in total. The van der Waals surface area contributed by atoms with Gasteiger partial charge in [-0.1, -0.05) is 18.2 Å². The second-order valence-electron chi connectivity index (χ2n) is 3.98. The fourth-order valence-corrected chi connectivity index (χ4v) is 2.48. The molecule has 0 saturated heterocycles. The number of unbranched alkanes of at least 4 members (excludes halogenated alkanes) is 2. The molecule has 1 rings (SSSR count). The van der Waals surface area contributed by atoms with E-state index < -0.39 is 0 Å². The zero-order chi connectivity index (χ0) is 12.2. The fraction of sp³-hybridized carbons (Fsp3) is 0.571. The van der Waals surface area contributed by atoms with Crippen LogP contribution in [0.4, 0.5) is 0 Å². The predicted molar refractivity (Wildman–Crippen MR) is 76.8 cm³/mol. The highest BCUT2D eigenvalue weighted by Crippen LogP contribution is 2.10. The first-order valence-corrected chi connectivity index (χ1v) is 7.54. The molecule has 0 heterocycles. The van der Waals surface area contributed by atoms with Crippen molar-refractivity contribution in [3.63, 3.8) is 0 Å². The van der Waals surface area contributed by atoms with Crippen molar-refractivity contribution in [2.24, 2.45) is 5.73 Å². The van der Waals surface area contributed by atoms with E-state index >= 15 is 0 Å². The SMILES string of the molecule is NCCCCSCCCCOc1ccccc1. The summed E-state index contributed by atoms with van der Waals surface area (Å²) in [6.45, 7) is 1.65. The lowest BCUT2D eigenvalue weighted by Gasteiger charge is -2.05. The van der Waals surface area contributed by atoms with Gasteiger partial charge in [0.1, 0.15) is 5.75 Å². The second-order valence-corrected chi connectivity index (χ2v) is 5.20. The summed E-state index contributed by atoms with van der Waals surface area (Å²) in [6, 6.07) is 10.0.